The maximum absolute atomic E-state index is 13.4. The highest BCUT2D eigenvalue weighted by Crippen LogP contribution is 2.45. The lowest BCUT2D eigenvalue weighted by molar-refractivity contribution is -0.115. The highest BCUT2D eigenvalue weighted by atomic mass is 32.2. The second-order valence-electron chi connectivity index (χ2n) is 7.46. The number of carboxylic acid groups (broad SMARTS) is 1. The maximum Gasteiger partial charge on any atom is 0.335 e. The molecule has 2 heterocycles. The summed E-state index contributed by atoms with van der Waals surface area (Å²) < 4.78 is 13.4. The van der Waals surface area contributed by atoms with E-state index in [0.29, 0.717) is 17.0 Å². The van der Waals surface area contributed by atoms with Crippen molar-refractivity contribution in [3.8, 4) is 0 Å². The number of carbonyl (C=O) groups excluding carboxylic acids is 1. The number of anilines is 1. The van der Waals surface area contributed by atoms with Gasteiger partial charge >= 0.3 is 5.97 Å². The van der Waals surface area contributed by atoms with Gasteiger partial charge in [-0.25, -0.2) is 9.18 Å². The zero-order valence-corrected chi connectivity index (χ0v) is 17.9. The van der Waals surface area contributed by atoms with Crippen LogP contribution >= 0.6 is 11.8 Å². The summed E-state index contributed by atoms with van der Waals surface area (Å²) in [5, 5.41) is 9.52. The molecule has 4 rings (SSSR count). The largest absolute Gasteiger partial charge is 0.478 e. The van der Waals surface area contributed by atoms with E-state index in [4.69, 9.17) is 0 Å². The standard InChI is InChI=1S/C24H21FN2O3S/c1-14(16-9-11-26-12-10-16)22-15(2)20(8-7-19(22)24(29)30)27-21(28)13-31-23(27)17-3-5-18(25)6-4-17/h3-12,14,23H,13H2,1-2H3,(H,29,30). The monoisotopic (exact) mass is 436 g/mol. The van der Waals surface area contributed by atoms with Crippen molar-refractivity contribution in [2.45, 2.75) is 25.1 Å². The molecule has 0 saturated carbocycles. The van der Waals surface area contributed by atoms with Crippen LogP contribution in [0.4, 0.5) is 10.1 Å². The van der Waals surface area contributed by atoms with E-state index in [9.17, 15) is 19.1 Å². The number of amides is 1. The Bertz CT molecular complexity index is 1140. The number of hydrogen-bond acceptors (Lipinski definition) is 4. The van der Waals surface area contributed by atoms with Gasteiger partial charge in [-0.15, -0.1) is 11.8 Å². The van der Waals surface area contributed by atoms with E-state index in [1.807, 2.05) is 26.0 Å². The molecule has 31 heavy (non-hydrogen) atoms. The van der Waals surface area contributed by atoms with Crippen molar-refractivity contribution in [2.24, 2.45) is 0 Å². The molecule has 1 amide bonds. The molecule has 1 saturated heterocycles. The van der Waals surface area contributed by atoms with Crippen molar-refractivity contribution in [1.29, 1.82) is 0 Å². The number of aromatic carboxylic acids is 1. The Hall–Kier alpha value is -3.19. The first-order valence-electron chi connectivity index (χ1n) is 9.84. The minimum Gasteiger partial charge on any atom is -0.478 e. The van der Waals surface area contributed by atoms with Gasteiger partial charge < -0.3 is 5.11 Å². The number of benzene rings is 2. The Kier molecular flexibility index (Phi) is 5.78. The molecule has 1 aliphatic rings. The van der Waals surface area contributed by atoms with Gasteiger partial charge in [-0.3, -0.25) is 14.7 Å². The SMILES string of the molecule is Cc1c(N2C(=O)CSC2c2ccc(F)cc2)ccc(C(=O)O)c1C(C)c1ccncc1. The number of hydrogen-bond donors (Lipinski definition) is 1. The lowest BCUT2D eigenvalue weighted by atomic mass is 9.86. The quantitative estimate of drug-likeness (QED) is 0.598. The number of pyridine rings is 1. The molecule has 7 heteroatoms. The highest BCUT2D eigenvalue weighted by molar-refractivity contribution is 8.00. The molecular weight excluding hydrogens is 415 g/mol. The fraction of sp³-hybridized carbons (Fsp3) is 0.208. The third kappa shape index (κ3) is 3.93. The molecule has 2 aromatic carbocycles. The normalized spacial score (nSPS) is 17.1. The van der Waals surface area contributed by atoms with Crippen molar-refractivity contribution in [1.82, 2.24) is 4.98 Å². The van der Waals surface area contributed by atoms with Gasteiger partial charge in [0.05, 0.1) is 11.3 Å². The van der Waals surface area contributed by atoms with E-state index in [1.54, 1.807) is 41.6 Å². The highest BCUT2D eigenvalue weighted by Gasteiger charge is 2.36. The van der Waals surface area contributed by atoms with E-state index < -0.39 is 5.97 Å². The fourth-order valence-electron chi connectivity index (χ4n) is 4.10. The van der Waals surface area contributed by atoms with Gasteiger partial charge in [0, 0.05) is 24.0 Å². The number of rotatable bonds is 5. The van der Waals surface area contributed by atoms with E-state index in [0.717, 1.165) is 16.7 Å². The van der Waals surface area contributed by atoms with Crippen LogP contribution in [0.5, 0.6) is 0 Å². The molecule has 3 aromatic rings. The van der Waals surface area contributed by atoms with Crippen molar-refractivity contribution in [3.63, 3.8) is 0 Å². The summed E-state index contributed by atoms with van der Waals surface area (Å²) in [7, 11) is 0. The second-order valence-corrected chi connectivity index (χ2v) is 8.53. The number of halogens is 1. The first-order chi connectivity index (χ1) is 14.9. The first-order valence-corrected chi connectivity index (χ1v) is 10.9. The van der Waals surface area contributed by atoms with Crippen LogP contribution in [-0.4, -0.2) is 27.7 Å². The lowest BCUT2D eigenvalue weighted by Gasteiger charge is -2.29. The maximum atomic E-state index is 13.4. The Labute approximate surface area is 183 Å². The number of carboxylic acids is 1. The number of thioether (sulfide) groups is 1. The Morgan fingerprint density at radius 3 is 2.48 bits per heavy atom. The van der Waals surface area contributed by atoms with Crippen molar-refractivity contribution in [2.75, 3.05) is 10.7 Å². The van der Waals surface area contributed by atoms with Gasteiger partial charge in [0.15, 0.2) is 0 Å². The van der Waals surface area contributed by atoms with Gasteiger partial charge in [-0.1, -0.05) is 19.1 Å². The van der Waals surface area contributed by atoms with Crippen LogP contribution in [-0.2, 0) is 4.79 Å². The molecule has 1 aromatic heterocycles. The molecular formula is C24H21FN2O3S. The van der Waals surface area contributed by atoms with Crippen LogP contribution in [0.1, 0.15) is 50.8 Å². The van der Waals surface area contributed by atoms with E-state index in [1.165, 1.54) is 23.9 Å². The van der Waals surface area contributed by atoms with E-state index in [2.05, 4.69) is 4.98 Å². The van der Waals surface area contributed by atoms with Crippen LogP contribution in [0.25, 0.3) is 0 Å². The smallest absolute Gasteiger partial charge is 0.335 e. The summed E-state index contributed by atoms with van der Waals surface area (Å²) in [4.78, 5) is 30.6. The van der Waals surface area contributed by atoms with Gasteiger partial charge in [0.25, 0.3) is 0 Å². The third-order valence-electron chi connectivity index (χ3n) is 5.64. The van der Waals surface area contributed by atoms with Crippen LogP contribution in [0.2, 0.25) is 0 Å². The summed E-state index contributed by atoms with van der Waals surface area (Å²) in [5.74, 6) is -1.31. The number of aromatic nitrogens is 1. The molecule has 0 aliphatic carbocycles. The summed E-state index contributed by atoms with van der Waals surface area (Å²) in [6.07, 6.45) is 3.35. The van der Waals surface area contributed by atoms with E-state index >= 15 is 0 Å². The topological polar surface area (TPSA) is 70.5 Å². The van der Waals surface area contributed by atoms with Crippen LogP contribution < -0.4 is 4.90 Å². The minimum atomic E-state index is -1.01. The predicted octanol–water partition coefficient (Wildman–Crippen LogP) is 5.16. The summed E-state index contributed by atoms with van der Waals surface area (Å²) in [5.41, 5.74) is 4.05. The zero-order chi connectivity index (χ0) is 22.1. The number of carbonyl (C=O) groups is 2. The van der Waals surface area contributed by atoms with Crippen LogP contribution in [0.3, 0.4) is 0 Å². The molecule has 1 aliphatic heterocycles. The Morgan fingerprint density at radius 2 is 1.84 bits per heavy atom. The summed E-state index contributed by atoms with van der Waals surface area (Å²) in [6.45, 7) is 3.80. The van der Waals surface area contributed by atoms with Gasteiger partial charge in [-0.05, 0) is 65.6 Å². The Balaban J connectivity index is 1.84. The molecule has 0 radical (unpaired) electrons. The third-order valence-corrected chi connectivity index (χ3v) is 6.85. The average Bonchev–Trinajstić information content (AvgIpc) is 3.15. The molecule has 1 N–H and O–H groups in total. The summed E-state index contributed by atoms with van der Waals surface area (Å²) >= 11 is 1.47. The minimum absolute atomic E-state index is 0.0620. The van der Waals surface area contributed by atoms with Gasteiger partial charge in [-0.2, -0.15) is 0 Å². The van der Waals surface area contributed by atoms with Gasteiger partial charge in [0.1, 0.15) is 11.2 Å². The molecule has 1 fully saturated rings. The molecule has 5 nitrogen and oxygen atoms in total. The molecule has 2 unspecified atom stereocenters. The predicted molar refractivity (Wildman–Crippen MR) is 119 cm³/mol. The Morgan fingerprint density at radius 1 is 1.16 bits per heavy atom. The van der Waals surface area contributed by atoms with Crippen molar-refractivity contribution >= 4 is 29.3 Å². The van der Waals surface area contributed by atoms with Crippen LogP contribution in [0.15, 0.2) is 60.9 Å². The van der Waals surface area contributed by atoms with Gasteiger partial charge in [0.2, 0.25) is 5.91 Å². The summed E-state index contributed by atoms with van der Waals surface area (Å²) in [6, 6.07) is 13.1. The lowest BCUT2D eigenvalue weighted by Crippen LogP contribution is -2.29. The molecule has 158 valence electrons. The molecule has 0 spiro atoms. The second kappa shape index (κ2) is 8.51. The van der Waals surface area contributed by atoms with Crippen molar-refractivity contribution < 1.29 is 19.1 Å². The zero-order valence-electron chi connectivity index (χ0n) is 17.1. The fourth-order valence-corrected chi connectivity index (χ4v) is 5.27. The van der Waals surface area contributed by atoms with E-state index in [-0.39, 0.29) is 28.6 Å². The number of nitrogens with zero attached hydrogens (tertiary/aromatic N) is 2. The molecule has 2 atom stereocenters. The van der Waals surface area contributed by atoms with Crippen LogP contribution in [0, 0.1) is 12.7 Å². The average molecular weight is 437 g/mol. The molecule has 0 bridgehead atoms. The van der Waals surface area contributed by atoms with Crippen molar-refractivity contribution in [3.05, 3.63) is 94.6 Å². The first kappa shape index (κ1) is 21.1.